The maximum Gasteiger partial charge on any atom is 0.123 e. The Balaban J connectivity index is 2.05. The first-order chi connectivity index (χ1) is 7.85. The van der Waals surface area contributed by atoms with Crippen molar-refractivity contribution in [2.75, 3.05) is 7.11 Å². The van der Waals surface area contributed by atoms with Crippen LogP contribution < -0.4 is 4.74 Å². The van der Waals surface area contributed by atoms with Crippen LogP contribution in [0.3, 0.4) is 0 Å². The highest BCUT2D eigenvalue weighted by Crippen LogP contribution is 2.48. The van der Waals surface area contributed by atoms with E-state index in [4.69, 9.17) is 10.00 Å². The largest absolute Gasteiger partial charge is 0.496 e. The van der Waals surface area contributed by atoms with E-state index in [0.717, 1.165) is 23.7 Å². The summed E-state index contributed by atoms with van der Waals surface area (Å²) in [5, 5.41) is 9.05. The molecule has 2 heteroatoms. The zero-order chi connectivity index (χ0) is 11.1. The molecule has 1 unspecified atom stereocenters. The maximum absolute atomic E-state index is 9.05. The number of hydrogen-bond donors (Lipinski definition) is 0. The fourth-order valence-corrected chi connectivity index (χ4v) is 2.83. The van der Waals surface area contributed by atoms with E-state index in [-0.39, 0.29) is 5.92 Å². The lowest BCUT2D eigenvalue weighted by molar-refractivity contribution is 0.393. The van der Waals surface area contributed by atoms with Gasteiger partial charge in [0.05, 0.1) is 19.1 Å². The van der Waals surface area contributed by atoms with Gasteiger partial charge in [-0.2, -0.15) is 5.26 Å². The van der Waals surface area contributed by atoms with Crippen molar-refractivity contribution in [3.8, 4) is 11.8 Å². The molecular formula is C14H15NO. The van der Waals surface area contributed by atoms with Gasteiger partial charge in [-0.25, -0.2) is 0 Å². The quantitative estimate of drug-likeness (QED) is 0.756. The van der Waals surface area contributed by atoms with Crippen molar-refractivity contribution in [3.05, 3.63) is 28.8 Å². The summed E-state index contributed by atoms with van der Waals surface area (Å²) in [4.78, 5) is 0. The molecule has 0 radical (unpaired) electrons. The lowest BCUT2D eigenvalue weighted by Gasteiger charge is -2.35. The highest BCUT2D eigenvalue weighted by atomic mass is 16.5. The van der Waals surface area contributed by atoms with Gasteiger partial charge in [0, 0.05) is 5.56 Å². The summed E-state index contributed by atoms with van der Waals surface area (Å²) in [7, 11) is 1.69. The fraction of sp³-hybridized carbons (Fsp3) is 0.500. The van der Waals surface area contributed by atoms with E-state index in [2.05, 4.69) is 12.1 Å². The summed E-state index contributed by atoms with van der Waals surface area (Å²) in [6.07, 6.45) is 4.91. The van der Waals surface area contributed by atoms with E-state index in [1.54, 1.807) is 7.11 Å². The first-order valence-electron chi connectivity index (χ1n) is 5.94. The van der Waals surface area contributed by atoms with E-state index < -0.39 is 0 Å². The third-order valence-electron chi connectivity index (χ3n) is 4.03. The summed E-state index contributed by atoms with van der Waals surface area (Å²) in [5.41, 5.74) is 4.04. The van der Waals surface area contributed by atoms with Crippen LogP contribution >= 0.6 is 0 Å². The Labute approximate surface area is 95.8 Å². The zero-order valence-corrected chi connectivity index (χ0v) is 9.49. The van der Waals surface area contributed by atoms with Crippen molar-refractivity contribution in [1.29, 1.82) is 5.26 Å². The molecule has 0 amide bonds. The van der Waals surface area contributed by atoms with E-state index >= 15 is 0 Å². The minimum absolute atomic E-state index is 0.0602. The Morgan fingerprint density at radius 2 is 2.19 bits per heavy atom. The van der Waals surface area contributed by atoms with Gasteiger partial charge in [-0.05, 0) is 42.4 Å². The number of nitrogens with zero attached hydrogens (tertiary/aromatic N) is 1. The Morgan fingerprint density at radius 1 is 1.38 bits per heavy atom. The molecule has 3 rings (SSSR count). The van der Waals surface area contributed by atoms with E-state index in [9.17, 15) is 0 Å². The molecule has 0 saturated heterocycles. The van der Waals surface area contributed by atoms with Gasteiger partial charge in [0.25, 0.3) is 0 Å². The summed E-state index contributed by atoms with van der Waals surface area (Å²) in [6.45, 7) is 0. The number of fused-ring (bicyclic) bond motifs is 1. The maximum atomic E-state index is 9.05. The molecule has 1 saturated carbocycles. The minimum Gasteiger partial charge on any atom is -0.496 e. The summed E-state index contributed by atoms with van der Waals surface area (Å²) < 4.78 is 5.34. The van der Waals surface area contributed by atoms with Crippen LogP contribution in [0.1, 0.15) is 47.8 Å². The molecule has 82 valence electrons. The number of nitriles is 1. The molecule has 0 bridgehead atoms. The molecule has 0 spiro atoms. The number of benzene rings is 1. The molecule has 1 atom stereocenters. The van der Waals surface area contributed by atoms with Gasteiger partial charge in [-0.1, -0.05) is 12.5 Å². The Hall–Kier alpha value is -1.49. The minimum atomic E-state index is 0.0602. The second-order valence-electron chi connectivity index (χ2n) is 4.76. The van der Waals surface area contributed by atoms with Crippen LogP contribution in [0, 0.1) is 11.3 Å². The molecular weight excluding hydrogens is 198 g/mol. The molecule has 2 nitrogen and oxygen atoms in total. The second-order valence-corrected chi connectivity index (χ2v) is 4.76. The van der Waals surface area contributed by atoms with Crippen LogP contribution in [0.25, 0.3) is 0 Å². The molecule has 1 aromatic carbocycles. The number of rotatable bonds is 2. The first kappa shape index (κ1) is 9.72. The second kappa shape index (κ2) is 3.52. The van der Waals surface area contributed by atoms with Crippen LogP contribution in [0.4, 0.5) is 0 Å². The SMILES string of the molecule is COc1ccc(C2CCC2)c2c1C(C#N)C2. The van der Waals surface area contributed by atoms with Crippen LogP contribution in [0.5, 0.6) is 5.75 Å². The Kier molecular flexibility index (Phi) is 2.14. The van der Waals surface area contributed by atoms with Crippen LogP contribution in [-0.4, -0.2) is 7.11 Å². The van der Waals surface area contributed by atoms with E-state index in [1.165, 1.54) is 30.4 Å². The molecule has 1 aromatic rings. The zero-order valence-electron chi connectivity index (χ0n) is 9.49. The molecule has 0 heterocycles. The lowest BCUT2D eigenvalue weighted by Crippen LogP contribution is -2.22. The van der Waals surface area contributed by atoms with Crippen LogP contribution in [0.15, 0.2) is 12.1 Å². The van der Waals surface area contributed by atoms with Gasteiger partial charge in [-0.3, -0.25) is 0 Å². The van der Waals surface area contributed by atoms with Crippen molar-refractivity contribution in [2.45, 2.75) is 37.5 Å². The molecule has 0 N–H and O–H groups in total. The average molecular weight is 213 g/mol. The molecule has 2 aliphatic rings. The van der Waals surface area contributed by atoms with Gasteiger partial charge >= 0.3 is 0 Å². The van der Waals surface area contributed by atoms with Crippen LogP contribution in [0.2, 0.25) is 0 Å². The van der Waals surface area contributed by atoms with Gasteiger partial charge in [-0.15, -0.1) is 0 Å². The standard InChI is InChI=1S/C14H15NO/c1-16-13-6-5-11(9-3-2-4-9)12-7-10(8-15)14(12)13/h5-6,9-10H,2-4,7H2,1H3. The van der Waals surface area contributed by atoms with Gasteiger partial charge < -0.3 is 4.74 Å². The molecule has 1 fully saturated rings. The lowest BCUT2D eigenvalue weighted by atomic mass is 9.69. The highest BCUT2D eigenvalue weighted by Gasteiger charge is 2.35. The number of hydrogen-bond acceptors (Lipinski definition) is 2. The van der Waals surface area contributed by atoms with Crippen molar-refractivity contribution in [3.63, 3.8) is 0 Å². The van der Waals surface area contributed by atoms with Crippen LogP contribution in [-0.2, 0) is 6.42 Å². The molecule has 16 heavy (non-hydrogen) atoms. The van der Waals surface area contributed by atoms with Gasteiger partial charge in [0.15, 0.2) is 0 Å². The number of methoxy groups -OCH3 is 1. The molecule has 0 aromatic heterocycles. The van der Waals surface area contributed by atoms with E-state index in [0.29, 0.717) is 0 Å². The van der Waals surface area contributed by atoms with Crippen molar-refractivity contribution >= 4 is 0 Å². The van der Waals surface area contributed by atoms with Crippen molar-refractivity contribution in [1.82, 2.24) is 0 Å². The third kappa shape index (κ3) is 1.18. The Morgan fingerprint density at radius 3 is 2.75 bits per heavy atom. The monoisotopic (exact) mass is 213 g/mol. The predicted molar refractivity (Wildman–Crippen MR) is 61.6 cm³/mol. The smallest absolute Gasteiger partial charge is 0.123 e. The normalized spacial score (nSPS) is 22.6. The van der Waals surface area contributed by atoms with Crippen molar-refractivity contribution in [2.24, 2.45) is 0 Å². The molecule has 2 aliphatic carbocycles. The highest BCUT2D eigenvalue weighted by molar-refractivity contribution is 5.57. The third-order valence-corrected chi connectivity index (χ3v) is 4.03. The van der Waals surface area contributed by atoms with Gasteiger partial charge in [0.2, 0.25) is 0 Å². The van der Waals surface area contributed by atoms with Gasteiger partial charge in [0.1, 0.15) is 5.75 Å². The summed E-state index contributed by atoms with van der Waals surface area (Å²) in [6, 6.07) is 6.60. The van der Waals surface area contributed by atoms with Crippen molar-refractivity contribution < 1.29 is 4.74 Å². The summed E-state index contributed by atoms with van der Waals surface area (Å²) >= 11 is 0. The topological polar surface area (TPSA) is 33.0 Å². The fourth-order valence-electron chi connectivity index (χ4n) is 2.83. The predicted octanol–water partition coefficient (Wildman–Crippen LogP) is 3.13. The Bertz CT molecular complexity index is 468. The number of ether oxygens (including phenoxy) is 1. The average Bonchev–Trinajstić information content (AvgIpc) is 2.18. The molecule has 0 aliphatic heterocycles. The summed E-state index contributed by atoms with van der Waals surface area (Å²) in [5.74, 6) is 1.71. The van der Waals surface area contributed by atoms with E-state index in [1.807, 2.05) is 6.07 Å². The first-order valence-corrected chi connectivity index (χ1v) is 5.94.